The van der Waals surface area contributed by atoms with E-state index in [-0.39, 0.29) is 23.2 Å². The maximum Gasteiger partial charge on any atom is 0.245 e. The van der Waals surface area contributed by atoms with Crippen LogP contribution in [-0.2, 0) is 0 Å². The molecule has 0 saturated heterocycles. The summed E-state index contributed by atoms with van der Waals surface area (Å²) in [4.78, 5) is 9.89. The lowest BCUT2D eigenvalue weighted by Gasteiger charge is -2.17. The summed E-state index contributed by atoms with van der Waals surface area (Å²) in [7, 11) is 0. The van der Waals surface area contributed by atoms with E-state index in [1.54, 1.807) is 24.1 Å². The number of halogens is 1. The largest absolute Gasteiger partial charge is 0.360 e. The molecule has 1 atom stereocenters. The van der Waals surface area contributed by atoms with E-state index in [2.05, 4.69) is 40.8 Å². The average Bonchev–Trinajstić information content (AvgIpc) is 3.17. The molecule has 0 fully saturated rings. The summed E-state index contributed by atoms with van der Waals surface area (Å²) in [6.07, 6.45) is 8.84. The molecule has 1 aliphatic rings. The van der Waals surface area contributed by atoms with Gasteiger partial charge in [-0.15, -0.1) is 11.8 Å². The monoisotopic (exact) mass is 397 g/mol. The van der Waals surface area contributed by atoms with E-state index in [0.717, 1.165) is 5.56 Å². The molecular formula is C18H16FN7OS. The summed E-state index contributed by atoms with van der Waals surface area (Å²) in [5.74, 6) is 0.530. The number of rotatable bonds is 6. The first kappa shape index (κ1) is 18.1. The smallest absolute Gasteiger partial charge is 0.245 e. The van der Waals surface area contributed by atoms with Crippen molar-refractivity contribution in [1.29, 1.82) is 0 Å². The van der Waals surface area contributed by atoms with Crippen LogP contribution in [0.15, 0.2) is 62.9 Å². The first-order chi connectivity index (χ1) is 13.7. The molecule has 8 nitrogen and oxygen atoms in total. The molecule has 0 amide bonds. The molecule has 3 aromatic rings. The third kappa shape index (κ3) is 4.17. The van der Waals surface area contributed by atoms with Gasteiger partial charge in [0.2, 0.25) is 11.3 Å². The molecule has 142 valence electrons. The number of thioether (sulfide) groups is 1. The van der Waals surface area contributed by atoms with Crippen LogP contribution >= 0.6 is 11.8 Å². The van der Waals surface area contributed by atoms with Crippen LogP contribution in [0.25, 0.3) is 11.3 Å². The molecule has 1 aromatic carbocycles. The minimum absolute atomic E-state index is 0.130. The highest BCUT2D eigenvalue weighted by Gasteiger charge is 2.16. The highest BCUT2D eigenvalue weighted by molar-refractivity contribution is 7.98. The number of allylic oxidation sites excluding steroid dienone is 2. The zero-order valence-electron chi connectivity index (χ0n) is 14.8. The van der Waals surface area contributed by atoms with Crippen molar-refractivity contribution in [2.45, 2.75) is 17.4 Å². The van der Waals surface area contributed by atoms with Crippen LogP contribution in [0.1, 0.15) is 12.0 Å². The van der Waals surface area contributed by atoms with Crippen molar-refractivity contribution in [2.75, 3.05) is 17.0 Å². The maximum absolute atomic E-state index is 13.2. The molecule has 0 saturated carbocycles. The summed E-state index contributed by atoms with van der Waals surface area (Å²) in [5.41, 5.74) is 4.34. The standard InChI is InChI=1S/C18H16FN7OS/c1-28-14-8-2-11(3-9-14)10-20-24-16-15(21-13-6-4-12(19)5-7-13)22-17-18(23-16)26-27-25-17/h2-6,8-10,13H,7H2,1H3,(H,21,22,25)(H,23,24,26)/b20-10-/t13-/m0/s1. The number of nitrogens with one attached hydrogen (secondary N) is 2. The molecule has 0 unspecified atom stereocenters. The van der Waals surface area contributed by atoms with Gasteiger partial charge >= 0.3 is 0 Å². The fourth-order valence-corrected chi connectivity index (χ4v) is 2.96. The third-order valence-corrected chi connectivity index (χ3v) is 4.73. The fourth-order valence-electron chi connectivity index (χ4n) is 2.55. The summed E-state index contributed by atoms with van der Waals surface area (Å²) in [6, 6.07) is 7.86. The quantitative estimate of drug-likeness (QED) is 0.368. The van der Waals surface area contributed by atoms with Crippen molar-refractivity contribution in [3.63, 3.8) is 0 Å². The number of fused-ring (bicyclic) bond motifs is 1. The summed E-state index contributed by atoms with van der Waals surface area (Å²) < 4.78 is 17.9. The average molecular weight is 397 g/mol. The van der Waals surface area contributed by atoms with Crippen LogP contribution in [0.4, 0.5) is 16.0 Å². The van der Waals surface area contributed by atoms with Gasteiger partial charge < -0.3 is 5.32 Å². The fraction of sp³-hybridized carbons (Fsp3) is 0.167. The van der Waals surface area contributed by atoms with Crippen molar-refractivity contribution in [3.05, 3.63) is 53.9 Å². The van der Waals surface area contributed by atoms with Gasteiger partial charge in [0, 0.05) is 10.9 Å². The van der Waals surface area contributed by atoms with Crippen molar-refractivity contribution in [2.24, 2.45) is 5.10 Å². The number of hydrogen-bond donors (Lipinski definition) is 2. The summed E-state index contributed by atoms with van der Waals surface area (Å²) in [6.45, 7) is 0. The van der Waals surface area contributed by atoms with Crippen LogP contribution in [0.5, 0.6) is 0 Å². The first-order valence-electron chi connectivity index (χ1n) is 8.45. The van der Waals surface area contributed by atoms with E-state index in [9.17, 15) is 4.39 Å². The topological polar surface area (TPSA) is 101 Å². The normalized spacial score (nSPS) is 16.5. The molecule has 0 aliphatic heterocycles. The van der Waals surface area contributed by atoms with Gasteiger partial charge in [0.15, 0.2) is 11.6 Å². The number of nitrogens with zero attached hydrogens (tertiary/aromatic N) is 5. The third-order valence-electron chi connectivity index (χ3n) is 3.99. The van der Waals surface area contributed by atoms with Crippen LogP contribution < -0.4 is 10.7 Å². The molecule has 2 N–H and O–H groups in total. The molecule has 1 aliphatic carbocycles. The Labute approximate surface area is 164 Å². The molecule has 28 heavy (non-hydrogen) atoms. The van der Waals surface area contributed by atoms with E-state index in [1.165, 1.54) is 17.0 Å². The van der Waals surface area contributed by atoms with Crippen molar-refractivity contribution in [1.82, 2.24) is 20.3 Å². The molecule has 0 spiro atoms. The highest BCUT2D eigenvalue weighted by atomic mass is 32.2. The van der Waals surface area contributed by atoms with E-state index >= 15 is 0 Å². The lowest BCUT2D eigenvalue weighted by molar-refractivity contribution is 0.314. The van der Waals surface area contributed by atoms with Crippen LogP contribution in [0, 0.1) is 0 Å². The predicted molar refractivity (Wildman–Crippen MR) is 107 cm³/mol. The Morgan fingerprint density at radius 1 is 1.18 bits per heavy atom. The first-order valence-corrected chi connectivity index (χ1v) is 9.67. The van der Waals surface area contributed by atoms with Gasteiger partial charge in [-0.25, -0.2) is 14.0 Å². The van der Waals surface area contributed by atoms with Gasteiger partial charge in [0.1, 0.15) is 5.83 Å². The van der Waals surface area contributed by atoms with Gasteiger partial charge in [-0.2, -0.15) is 10.1 Å². The number of anilines is 2. The highest BCUT2D eigenvalue weighted by Crippen LogP contribution is 2.23. The molecule has 2 heterocycles. The van der Waals surface area contributed by atoms with Gasteiger partial charge in [-0.1, -0.05) is 18.2 Å². The van der Waals surface area contributed by atoms with Crippen molar-refractivity contribution in [3.8, 4) is 0 Å². The van der Waals surface area contributed by atoms with Gasteiger partial charge in [-0.3, -0.25) is 5.43 Å². The van der Waals surface area contributed by atoms with Crippen LogP contribution in [-0.4, -0.2) is 38.8 Å². The molecule has 4 rings (SSSR count). The number of benzene rings is 1. The Morgan fingerprint density at radius 3 is 2.61 bits per heavy atom. The maximum atomic E-state index is 13.2. The van der Waals surface area contributed by atoms with Crippen molar-refractivity contribution < 1.29 is 9.02 Å². The molecule has 10 heteroatoms. The Morgan fingerprint density at radius 2 is 1.93 bits per heavy atom. The minimum Gasteiger partial charge on any atom is -0.360 e. The zero-order valence-corrected chi connectivity index (χ0v) is 15.7. The number of hydrogen-bond acceptors (Lipinski definition) is 9. The lowest BCUT2D eigenvalue weighted by atomic mass is 10.1. The minimum atomic E-state index is -0.254. The van der Waals surface area contributed by atoms with E-state index in [1.807, 2.05) is 30.5 Å². The van der Waals surface area contributed by atoms with Gasteiger partial charge in [-0.05, 0) is 52.8 Å². The van der Waals surface area contributed by atoms with Gasteiger partial charge in [0.05, 0.1) is 6.21 Å². The number of hydrazone groups is 1. The molecule has 0 radical (unpaired) electrons. The van der Waals surface area contributed by atoms with Crippen LogP contribution in [0.3, 0.4) is 0 Å². The lowest BCUT2D eigenvalue weighted by Crippen LogP contribution is -2.19. The van der Waals surface area contributed by atoms with E-state index in [4.69, 9.17) is 0 Å². The second-order valence-electron chi connectivity index (χ2n) is 5.91. The molecule has 2 aromatic heterocycles. The Bertz CT molecular complexity index is 1060. The van der Waals surface area contributed by atoms with Crippen molar-refractivity contribution >= 4 is 40.9 Å². The predicted octanol–water partition coefficient (Wildman–Crippen LogP) is 3.77. The van der Waals surface area contributed by atoms with E-state index < -0.39 is 0 Å². The second-order valence-corrected chi connectivity index (χ2v) is 6.79. The Balaban J connectivity index is 1.54. The Hall–Kier alpha value is -3.27. The van der Waals surface area contributed by atoms with Gasteiger partial charge in [0.25, 0.3) is 0 Å². The van der Waals surface area contributed by atoms with Crippen LogP contribution in [0.2, 0.25) is 0 Å². The zero-order chi connectivity index (χ0) is 19.3. The molecule has 0 bridgehead atoms. The molecular weight excluding hydrogens is 381 g/mol. The second kappa shape index (κ2) is 8.17. The number of aromatic nitrogens is 4. The summed E-state index contributed by atoms with van der Waals surface area (Å²) in [5, 5.41) is 14.8. The van der Waals surface area contributed by atoms with E-state index in [0.29, 0.717) is 18.1 Å². The SMILES string of the molecule is CSc1ccc(/C=N\Nc2nc3nonc3nc2N[C@H]2C=CC(F)=CC2)cc1. The summed E-state index contributed by atoms with van der Waals surface area (Å²) >= 11 is 1.68. The Kier molecular flexibility index (Phi) is 5.29.